The highest BCUT2D eigenvalue weighted by atomic mass is 32.1. The van der Waals surface area contributed by atoms with Crippen molar-refractivity contribution < 1.29 is 14.3 Å². The number of amides is 2. The van der Waals surface area contributed by atoms with Gasteiger partial charge in [-0.25, -0.2) is 0 Å². The van der Waals surface area contributed by atoms with Gasteiger partial charge in [0.05, 0.1) is 6.61 Å². The zero-order chi connectivity index (χ0) is 22.5. The second-order valence-electron chi connectivity index (χ2n) is 7.93. The van der Waals surface area contributed by atoms with Crippen LogP contribution >= 0.6 is 11.3 Å². The Balaban J connectivity index is 1.27. The van der Waals surface area contributed by atoms with E-state index in [2.05, 4.69) is 22.4 Å². The van der Waals surface area contributed by atoms with E-state index in [1.165, 1.54) is 16.9 Å². The van der Waals surface area contributed by atoms with Gasteiger partial charge in [0.25, 0.3) is 0 Å². The van der Waals surface area contributed by atoms with Crippen LogP contribution in [-0.4, -0.2) is 35.2 Å². The highest BCUT2D eigenvalue weighted by Gasteiger charge is 2.34. The van der Waals surface area contributed by atoms with Crippen LogP contribution in [0.3, 0.4) is 0 Å². The minimum Gasteiger partial charge on any atom is -0.494 e. The van der Waals surface area contributed by atoms with Gasteiger partial charge in [-0.2, -0.15) is 0 Å². The summed E-state index contributed by atoms with van der Waals surface area (Å²) < 4.78 is 5.61. The highest BCUT2D eigenvalue weighted by molar-refractivity contribution is 7.15. The van der Waals surface area contributed by atoms with Crippen LogP contribution < -0.4 is 15.0 Å². The SMILES string of the molecule is Cc1ccc(N2C[C@H](c3nnc(NC(=O)CCCOc4ccccc4)s3)CC2=O)cc1C. The summed E-state index contributed by atoms with van der Waals surface area (Å²) in [6.45, 7) is 5.14. The van der Waals surface area contributed by atoms with Gasteiger partial charge in [-0.05, 0) is 55.7 Å². The van der Waals surface area contributed by atoms with Gasteiger partial charge >= 0.3 is 0 Å². The molecule has 2 amide bonds. The third-order valence-electron chi connectivity index (χ3n) is 5.52. The van der Waals surface area contributed by atoms with Crippen molar-refractivity contribution in [3.63, 3.8) is 0 Å². The molecule has 7 nitrogen and oxygen atoms in total. The number of benzene rings is 2. The van der Waals surface area contributed by atoms with Crippen LogP contribution in [0, 0.1) is 13.8 Å². The summed E-state index contributed by atoms with van der Waals surface area (Å²) >= 11 is 1.34. The molecule has 0 aliphatic carbocycles. The van der Waals surface area contributed by atoms with E-state index in [-0.39, 0.29) is 17.7 Å². The zero-order valence-corrected chi connectivity index (χ0v) is 19.0. The van der Waals surface area contributed by atoms with Crippen LogP contribution in [0.15, 0.2) is 48.5 Å². The number of hydrogen-bond acceptors (Lipinski definition) is 6. The number of nitrogens with one attached hydrogen (secondary N) is 1. The first-order chi connectivity index (χ1) is 15.5. The summed E-state index contributed by atoms with van der Waals surface area (Å²) in [5.41, 5.74) is 3.28. The molecule has 1 aliphatic rings. The van der Waals surface area contributed by atoms with Crippen molar-refractivity contribution in [2.75, 3.05) is 23.4 Å². The summed E-state index contributed by atoms with van der Waals surface area (Å²) in [6, 6.07) is 15.6. The minimum absolute atomic E-state index is 0.0217. The molecule has 8 heteroatoms. The third-order valence-corrected chi connectivity index (χ3v) is 6.52. The second-order valence-corrected chi connectivity index (χ2v) is 8.94. The van der Waals surface area contributed by atoms with Crippen molar-refractivity contribution in [1.82, 2.24) is 10.2 Å². The number of carbonyl (C=O) groups is 2. The van der Waals surface area contributed by atoms with Crippen LogP contribution in [0.1, 0.15) is 41.3 Å². The fourth-order valence-electron chi connectivity index (χ4n) is 3.59. The second kappa shape index (κ2) is 9.91. The zero-order valence-electron chi connectivity index (χ0n) is 18.2. The number of para-hydroxylation sites is 1. The molecule has 0 bridgehead atoms. The van der Waals surface area contributed by atoms with Crippen LogP contribution in [0.2, 0.25) is 0 Å². The predicted octanol–water partition coefficient (Wildman–Crippen LogP) is 4.47. The Bertz CT molecular complexity index is 1100. The Kier molecular flexibility index (Phi) is 6.80. The molecular weight excluding hydrogens is 424 g/mol. The van der Waals surface area contributed by atoms with Crippen molar-refractivity contribution in [2.24, 2.45) is 0 Å². The molecule has 1 aromatic heterocycles. The van der Waals surface area contributed by atoms with Crippen molar-refractivity contribution in [3.8, 4) is 5.75 Å². The molecule has 2 heterocycles. The molecule has 1 N–H and O–H groups in total. The van der Waals surface area contributed by atoms with Crippen LogP contribution in [0.4, 0.5) is 10.8 Å². The lowest BCUT2D eigenvalue weighted by molar-refractivity contribution is -0.117. The molecule has 32 heavy (non-hydrogen) atoms. The Labute approximate surface area is 191 Å². The molecule has 0 spiro atoms. The maximum Gasteiger partial charge on any atom is 0.227 e. The molecule has 0 unspecified atom stereocenters. The third kappa shape index (κ3) is 5.31. The number of carbonyl (C=O) groups excluding carboxylic acids is 2. The number of ether oxygens (including phenoxy) is 1. The molecule has 2 aromatic carbocycles. The minimum atomic E-state index is -0.122. The van der Waals surface area contributed by atoms with Gasteiger partial charge in [0.15, 0.2) is 0 Å². The normalized spacial score (nSPS) is 15.8. The van der Waals surface area contributed by atoms with E-state index in [1.807, 2.05) is 60.4 Å². The fourth-order valence-corrected chi connectivity index (χ4v) is 4.44. The Morgan fingerprint density at radius 1 is 1.16 bits per heavy atom. The number of hydrogen-bond donors (Lipinski definition) is 1. The van der Waals surface area contributed by atoms with Crippen LogP contribution in [-0.2, 0) is 9.59 Å². The van der Waals surface area contributed by atoms with E-state index in [9.17, 15) is 9.59 Å². The standard InChI is InChI=1S/C24H26N4O3S/c1-16-10-11-19(13-17(16)2)28-15-18(14-22(28)30)23-26-27-24(32-23)25-21(29)9-6-12-31-20-7-4-3-5-8-20/h3-5,7-8,10-11,13,18H,6,9,12,14-15H2,1-2H3,(H,25,27,29)/t18-/m1/s1. The van der Waals surface area contributed by atoms with E-state index in [4.69, 9.17) is 4.74 Å². The van der Waals surface area contributed by atoms with Crippen LogP contribution in [0.25, 0.3) is 0 Å². The average molecular weight is 451 g/mol. The number of anilines is 2. The van der Waals surface area contributed by atoms with Gasteiger partial charge in [-0.1, -0.05) is 35.6 Å². The molecule has 1 fully saturated rings. The molecule has 3 aromatic rings. The monoisotopic (exact) mass is 450 g/mol. The quantitative estimate of drug-likeness (QED) is 0.512. The van der Waals surface area contributed by atoms with E-state index in [0.29, 0.717) is 37.5 Å². The fraction of sp³-hybridized carbons (Fsp3) is 0.333. The van der Waals surface area contributed by atoms with Crippen LogP contribution in [0.5, 0.6) is 5.75 Å². The van der Waals surface area contributed by atoms with Gasteiger partial charge in [0.2, 0.25) is 16.9 Å². The van der Waals surface area contributed by atoms with Crippen molar-refractivity contribution >= 4 is 34.0 Å². The number of aromatic nitrogens is 2. The van der Waals surface area contributed by atoms with Gasteiger partial charge < -0.3 is 15.0 Å². The van der Waals surface area contributed by atoms with Crippen molar-refractivity contribution in [1.29, 1.82) is 0 Å². The average Bonchev–Trinajstić information content (AvgIpc) is 3.40. The largest absolute Gasteiger partial charge is 0.494 e. The Hall–Kier alpha value is -3.26. The first kappa shape index (κ1) is 22.0. The molecule has 0 radical (unpaired) electrons. The Morgan fingerprint density at radius 2 is 1.97 bits per heavy atom. The molecule has 0 saturated carbocycles. The Morgan fingerprint density at radius 3 is 2.75 bits per heavy atom. The molecule has 4 rings (SSSR count). The summed E-state index contributed by atoms with van der Waals surface area (Å²) in [7, 11) is 0. The molecule has 1 saturated heterocycles. The smallest absolute Gasteiger partial charge is 0.227 e. The summed E-state index contributed by atoms with van der Waals surface area (Å²) in [5, 5.41) is 12.4. The predicted molar refractivity (Wildman–Crippen MR) is 125 cm³/mol. The first-order valence-electron chi connectivity index (χ1n) is 10.7. The van der Waals surface area contributed by atoms with Gasteiger partial charge in [0, 0.05) is 31.0 Å². The number of rotatable bonds is 8. The summed E-state index contributed by atoms with van der Waals surface area (Å²) in [6.07, 6.45) is 1.34. The molecular formula is C24H26N4O3S. The van der Waals surface area contributed by atoms with E-state index in [1.54, 1.807) is 0 Å². The van der Waals surface area contributed by atoms with E-state index < -0.39 is 0 Å². The molecule has 166 valence electrons. The molecule has 1 aliphatic heterocycles. The highest BCUT2D eigenvalue weighted by Crippen LogP contribution is 2.34. The van der Waals surface area contributed by atoms with Gasteiger partial charge in [-0.3, -0.25) is 9.59 Å². The van der Waals surface area contributed by atoms with E-state index >= 15 is 0 Å². The van der Waals surface area contributed by atoms with Gasteiger partial charge in [0.1, 0.15) is 10.8 Å². The maximum atomic E-state index is 12.6. The number of aryl methyl sites for hydroxylation is 2. The first-order valence-corrected chi connectivity index (χ1v) is 11.5. The molecule has 1 atom stereocenters. The lowest BCUT2D eigenvalue weighted by Gasteiger charge is -2.17. The van der Waals surface area contributed by atoms with Crippen molar-refractivity contribution in [2.45, 2.75) is 39.0 Å². The number of nitrogens with zero attached hydrogens (tertiary/aromatic N) is 3. The maximum absolute atomic E-state index is 12.6. The lowest BCUT2D eigenvalue weighted by Crippen LogP contribution is -2.24. The summed E-state index contributed by atoms with van der Waals surface area (Å²) in [4.78, 5) is 26.6. The lowest BCUT2D eigenvalue weighted by atomic mass is 10.1. The van der Waals surface area contributed by atoms with Crippen molar-refractivity contribution in [3.05, 3.63) is 64.7 Å². The van der Waals surface area contributed by atoms with Gasteiger partial charge in [-0.15, -0.1) is 10.2 Å². The summed E-state index contributed by atoms with van der Waals surface area (Å²) in [5.74, 6) is 0.732. The van der Waals surface area contributed by atoms with E-state index in [0.717, 1.165) is 22.0 Å². The topological polar surface area (TPSA) is 84.4 Å².